The standard InChI is InChI=1S/C20H21N3O2/c1-13(14-4-5-14)19(24)22-17-6-7-18-15(11-17)8-10-23(18)20(25)16-3-2-9-21-12-16/h2-3,6-7,9,11-14H,4-5,8,10H2,1H3,(H,22,24). The van der Waals surface area contributed by atoms with Crippen LogP contribution in [-0.4, -0.2) is 23.3 Å². The predicted octanol–water partition coefficient (Wildman–Crippen LogP) is 3.27. The fourth-order valence-corrected chi connectivity index (χ4v) is 3.40. The number of benzene rings is 1. The molecule has 4 rings (SSSR count). The molecular weight excluding hydrogens is 314 g/mol. The number of amides is 2. The summed E-state index contributed by atoms with van der Waals surface area (Å²) >= 11 is 0. The van der Waals surface area contributed by atoms with Crippen LogP contribution in [0.5, 0.6) is 0 Å². The summed E-state index contributed by atoms with van der Waals surface area (Å²) in [6.45, 7) is 2.65. The van der Waals surface area contributed by atoms with E-state index in [2.05, 4.69) is 10.3 Å². The molecule has 5 nitrogen and oxygen atoms in total. The first-order chi connectivity index (χ1) is 12.1. The Morgan fingerprint density at radius 1 is 1.28 bits per heavy atom. The molecule has 1 aliphatic heterocycles. The molecule has 1 aliphatic carbocycles. The van der Waals surface area contributed by atoms with Crippen LogP contribution in [0.3, 0.4) is 0 Å². The van der Waals surface area contributed by atoms with Gasteiger partial charge in [-0.15, -0.1) is 0 Å². The topological polar surface area (TPSA) is 62.3 Å². The lowest BCUT2D eigenvalue weighted by Gasteiger charge is -2.18. The van der Waals surface area contributed by atoms with E-state index in [1.165, 1.54) is 0 Å². The van der Waals surface area contributed by atoms with Gasteiger partial charge in [0.25, 0.3) is 5.91 Å². The largest absolute Gasteiger partial charge is 0.326 e. The molecule has 128 valence electrons. The Balaban J connectivity index is 1.50. The molecule has 0 spiro atoms. The summed E-state index contributed by atoms with van der Waals surface area (Å²) in [6, 6.07) is 9.34. The summed E-state index contributed by atoms with van der Waals surface area (Å²) in [5.41, 5.74) is 3.41. The summed E-state index contributed by atoms with van der Waals surface area (Å²) in [4.78, 5) is 30.7. The molecular formula is C20H21N3O2. The van der Waals surface area contributed by atoms with Gasteiger partial charge in [0, 0.05) is 36.2 Å². The van der Waals surface area contributed by atoms with Crippen molar-refractivity contribution in [2.24, 2.45) is 11.8 Å². The summed E-state index contributed by atoms with van der Waals surface area (Å²) in [5.74, 6) is 0.661. The van der Waals surface area contributed by atoms with Gasteiger partial charge in [-0.2, -0.15) is 0 Å². The Bertz CT molecular complexity index is 815. The number of anilines is 2. The number of fused-ring (bicyclic) bond motifs is 1. The van der Waals surface area contributed by atoms with Crippen LogP contribution in [0.4, 0.5) is 11.4 Å². The molecule has 0 bridgehead atoms. The number of hydrogen-bond donors (Lipinski definition) is 1. The van der Waals surface area contributed by atoms with Gasteiger partial charge in [-0.05, 0) is 61.1 Å². The molecule has 25 heavy (non-hydrogen) atoms. The molecule has 1 atom stereocenters. The Kier molecular flexibility index (Phi) is 3.99. The zero-order valence-electron chi connectivity index (χ0n) is 14.2. The van der Waals surface area contributed by atoms with Gasteiger partial charge in [0.1, 0.15) is 0 Å². The molecule has 1 saturated carbocycles. The van der Waals surface area contributed by atoms with Gasteiger partial charge >= 0.3 is 0 Å². The van der Waals surface area contributed by atoms with Crippen molar-refractivity contribution >= 4 is 23.2 Å². The van der Waals surface area contributed by atoms with Gasteiger partial charge in [-0.25, -0.2) is 0 Å². The van der Waals surface area contributed by atoms with Gasteiger partial charge in [0.15, 0.2) is 0 Å². The third-order valence-electron chi connectivity index (χ3n) is 5.14. The van der Waals surface area contributed by atoms with E-state index in [4.69, 9.17) is 0 Å². The minimum absolute atomic E-state index is 0.0361. The molecule has 1 aromatic heterocycles. The number of aromatic nitrogens is 1. The fourth-order valence-electron chi connectivity index (χ4n) is 3.40. The van der Waals surface area contributed by atoms with E-state index in [0.29, 0.717) is 18.0 Å². The summed E-state index contributed by atoms with van der Waals surface area (Å²) < 4.78 is 0. The number of carbonyl (C=O) groups excluding carboxylic acids is 2. The van der Waals surface area contributed by atoms with Crippen molar-refractivity contribution in [3.8, 4) is 0 Å². The van der Waals surface area contributed by atoms with Crippen molar-refractivity contribution in [1.29, 1.82) is 0 Å². The van der Waals surface area contributed by atoms with Gasteiger partial charge in [0.2, 0.25) is 5.91 Å². The van der Waals surface area contributed by atoms with Crippen molar-refractivity contribution in [1.82, 2.24) is 4.98 Å². The van der Waals surface area contributed by atoms with Crippen LogP contribution in [0.25, 0.3) is 0 Å². The second-order valence-corrected chi connectivity index (χ2v) is 6.91. The van der Waals surface area contributed by atoms with Crippen LogP contribution in [0.1, 0.15) is 35.7 Å². The molecule has 5 heteroatoms. The van der Waals surface area contributed by atoms with E-state index in [-0.39, 0.29) is 17.7 Å². The number of hydrogen-bond acceptors (Lipinski definition) is 3. The van der Waals surface area contributed by atoms with Crippen molar-refractivity contribution < 1.29 is 9.59 Å². The van der Waals surface area contributed by atoms with E-state index in [1.807, 2.05) is 25.1 Å². The third kappa shape index (κ3) is 3.14. The summed E-state index contributed by atoms with van der Waals surface area (Å²) in [7, 11) is 0. The highest BCUT2D eigenvalue weighted by Crippen LogP contribution is 2.37. The molecule has 1 N–H and O–H groups in total. The lowest BCUT2D eigenvalue weighted by atomic mass is 10.1. The summed E-state index contributed by atoms with van der Waals surface area (Å²) in [6.07, 6.45) is 6.36. The van der Waals surface area contributed by atoms with E-state index in [1.54, 1.807) is 29.4 Å². The van der Waals surface area contributed by atoms with Gasteiger partial charge < -0.3 is 10.2 Å². The highest BCUT2D eigenvalue weighted by atomic mass is 16.2. The van der Waals surface area contributed by atoms with Crippen molar-refractivity contribution in [2.45, 2.75) is 26.2 Å². The van der Waals surface area contributed by atoms with Crippen LogP contribution in [0, 0.1) is 11.8 Å². The molecule has 2 amide bonds. The average Bonchev–Trinajstić information content (AvgIpc) is 3.41. The van der Waals surface area contributed by atoms with Crippen LogP contribution in [-0.2, 0) is 11.2 Å². The minimum Gasteiger partial charge on any atom is -0.326 e. The van der Waals surface area contributed by atoms with Gasteiger partial charge in [0.05, 0.1) is 5.56 Å². The summed E-state index contributed by atoms with van der Waals surface area (Å²) in [5, 5.41) is 3.02. The maximum Gasteiger partial charge on any atom is 0.259 e. The van der Waals surface area contributed by atoms with Crippen LogP contribution >= 0.6 is 0 Å². The number of rotatable bonds is 4. The average molecular weight is 335 g/mol. The molecule has 1 aromatic carbocycles. The van der Waals surface area contributed by atoms with Gasteiger partial charge in [-0.3, -0.25) is 14.6 Å². The second-order valence-electron chi connectivity index (χ2n) is 6.91. The number of pyridine rings is 1. The predicted molar refractivity (Wildman–Crippen MR) is 96.6 cm³/mol. The van der Waals surface area contributed by atoms with Crippen LogP contribution in [0.2, 0.25) is 0 Å². The molecule has 0 radical (unpaired) electrons. The van der Waals surface area contributed by atoms with E-state index >= 15 is 0 Å². The van der Waals surface area contributed by atoms with Crippen molar-refractivity contribution in [3.63, 3.8) is 0 Å². The Hall–Kier alpha value is -2.69. The Morgan fingerprint density at radius 3 is 2.84 bits per heavy atom. The number of nitrogens with one attached hydrogen (secondary N) is 1. The van der Waals surface area contributed by atoms with Crippen LogP contribution in [0.15, 0.2) is 42.7 Å². The highest BCUT2D eigenvalue weighted by molar-refractivity contribution is 6.07. The van der Waals surface area contributed by atoms with Crippen LogP contribution < -0.4 is 10.2 Å². The van der Waals surface area contributed by atoms with E-state index in [0.717, 1.165) is 36.2 Å². The van der Waals surface area contributed by atoms with E-state index < -0.39 is 0 Å². The third-order valence-corrected chi connectivity index (χ3v) is 5.14. The van der Waals surface area contributed by atoms with Crippen molar-refractivity contribution in [3.05, 3.63) is 53.9 Å². The monoisotopic (exact) mass is 335 g/mol. The molecule has 1 unspecified atom stereocenters. The first-order valence-electron chi connectivity index (χ1n) is 8.79. The Labute approximate surface area is 147 Å². The number of nitrogens with zero attached hydrogens (tertiary/aromatic N) is 2. The zero-order valence-corrected chi connectivity index (χ0v) is 14.2. The molecule has 2 aliphatic rings. The normalized spacial score (nSPS) is 17.1. The first-order valence-corrected chi connectivity index (χ1v) is 8.79. The molecule has 2 aromatic rings. The maximum absolute atomic E-state index is 12.7. The maximum atomic E-state index is 12.7. The lowest BCUT2D eigenvalue weighted by molar-refractivity contribution is -0.119. The smallest absolute Gasteiger partial charge is 0.259 e. The van der Waals surface area contributed by atoms with E-state index in [9.17, 15) is 9.59 Å². The highest BCUT2D eigenvalue weighted by Gasteiger charge is 2.33. The zero-order chi connectivity index (χ0) is 17.4. The number of carbonyl (C=O) groups is 2. The lowest BCUT2D eigenvalue weighted by Crippen LogP contribution is -2.28. The molecule has 1 fully saturated rings. The fraction of sp³-hybridized carbons (Fsp3) is 0.350. The quantitative estimate of drug-likeness (QED) is 0.933. The first kappa shape index (κ1) is 15.8. The van der Waals surface area contributed by atoms with Crippen molar-refractivity contribution in [2.75, 3.05) is 16.8 Å². The second kappa shape index (κ2) is 6.31. The molecule has 0 saturated heterocycles. The minimum atomic E-state index is -0.0361. The Morgan fingerprint density at radius 2 is 2.12 bits per heavy atom. The molecule has 2 heterocycles. The van der Waals surface area contributed by atoms with Gasteiger partial charge in [-0.1, -0.05) is 6.92 Å². The SMILES string of the molecule is CC(C(=O)Nc1ccc2c(c1)CCN2C(=O)c1cccnc1)C1CC1.